The third-order valence-corrected chi connectivity index (χ3v) is 4.15. The Labute approximate surface area is 114 Å². The minimum absolute atomic E-state index is 0.555. The van der Waals surface area contributed by atoms with Crippen LogP contribution in [-0.4, -0.2) is 13.1 Å². The Hall–Kier alpha value is -0.400. The highest BCUT2D eigenvalue weighted by molar-refractivity contribution is 6.31. The van der Waals surface area contributed by atoms with Crippen molar-refractivity contribution < 1.29 is 0 Å². The molecule has 17 heavy (non-hydrogen) atoms. The molecular weight excluding hydrogens is 253 g/mol. The van der Waals surface area contributed by atoms with Crippen LogP contribution in [0.25, 0.3) is 0 Å². The Balaban J connectivity index is 2.22. The number of piperidine rings is 1. The maximum atomic E-state index is 6.09. The van der Waals surface area contributed by atoms with Crippen molar-refractivity contribution in [2.75, 3.05) is 18.0 Å². The highest BCUT2D eigenvalue weighted by Crippen LogP contribution is 2.30. The first kappa shape index (κ1) is 13.0. The van der Waals surface area contributed by atoms with Gasteiger partial charge in [-0.1, -0.05) is 31.0 Å². The predicted molar refractivity (Wildman–Crippen MR) is 76.2 cm³/mol. The van der Waals surface area contributed by atoms with E-state index < -0.39 is 0 Å². The quantitative estimate of drug-likeness (QED) is 0.720. The Morgan fingerprint density at radius 3 is 2.94 bits per heavy atom. The first-order valence-electron chi connectivity index (χ1n) is 6.34. The van der Waals surface area contributed by atoms with Crippen LogP contribution in [-0.2, 0) is 5.88 Å². The van der Waals surface area contributed by atoms with Gasteiger partial charge in [0, 0.05) is 29.7 Å². The third kappa shape index (κ3) is 3.08. The fraction of sp³-hybridized carbons (Fsp3) is 0.571. The molecule has 0 spiro atoms. The van der Waals surface area contributed by atoms with Crippen molar-refractivity contribution in [1.82, 2.24) is 0 Å². The second-order valence-corrected chi connectivity index (χ2v) is 5.47. The monoisotopic (exact) mass is 271 g/mol. The van der Waals surface area contributed by atoms with Crippen molar-refractivity contribution in [3.8, 4) is 0 Å². The number of hydrogen-bond donors (Lipinski definition) is 0. The molecule has 1 atom stereocenters. The van der Waals surface area contributed by atoms with Gasteiger partial charge in [0.05, 0.1) is 0 Å². The minimum atomic E-state index is 0.555. The van der Waals surface area contributed by atoms with E-state index in [1.54, 1.807) is 0 Å². The van der Waals surface area contributed by atoms with Gasteiger partial charge in [-0.15, -0.1) is 11.6 Å². The van der Waals surface area contributed by atoms with Gasteiger partial charge in [-0.3, -0.25) is 0 Å². The molecule has 0 aromatic heterocycles. The van der Waals surface area contributed by atoms with Crippen molar-refractivity contribution in [2.45, 2.75) is 32.1 Å². The molecule has 1 aromatic rings. The van der Waals surface area contributed by atoms with Gasteiger partial charge in [0.15, 0.2) is 0 Å². The van der Waals surface area contributed by atoms with E-state index in [4.69, 9.17) is 23.2 Å². The number of alkyl halides is 1. The summed E-state index contributed by atoms with van der Waals surface area (Å²) in [6.07, 6.45) is 3.88. The molecule has 1 nitrogen and oxygen atoms in total. The lowest BCUT2D eigenvalue weighted by Crippen LogP contribution is -2.35. The Bertz CT molecular complexity index is 378. The van der Waals surface area contributed by atoms with E-state index >= 15 is 0 Å². The molecule has 1 unspecified atom stereocenters. The Kier molecular flexibility index (Phi) is 4.58. The first-order valence-corrected chi connectivity index (χ1v) is 7.25. The van der Waals surface area contributed by atoms with Crippen LogP contribution < -0.4 is 4.90 Å². The van der Waals surface area contributed by atoms with Gasteiger partial charge in [0.25, 0.3) is 0 Å². The summed E-state index contributed by atoms with van der Waals surface area (Å²) in [5, 5.41) is 0.799. The van der Waals surface area contributed by atoms with Crippen molar-refractivity contribution in [3.05, 3.63) is 28.8 Å². The number of anilines is 1. The molecule has 1 heterocycles. The highest BCUT2D eigenvalue weighted by Gasteiger charge is 2.20. The standard InChI is InChI=1S/C14H19Cl2N/c1-2-11-4-3-7-17(10-11)14-8-13(16)6-5-12(14)9-15/h5-6,8,11H,2-4,7,9-10H2,1H3. The molecule has 0 N–H and O–H groups in total. The topological polar surface area (TPSA) is 3.24 Å². The lowest BCUT2D eigenvalue weighted by Gasteiger charge is -2.35. The van der Waals surface area contributed by atoms with Crippen molar-refractivity contribution in [1.29, 1.82) is 0 Å². The van der Waals surface area contributed by atoms with E-state index in [0.717, 1.165) is 24.0 Å². The molecule has 1 aliphatic heterocycles. The molecule has 1 aromatic carbocycles. The molecule has 0 amide bonds. The van der Waals surface area contributed by atoms with E-state index in [1.807, 2.05) is 12.1 Å². The lowest BCUT2D eigenvalue weighted by atomic mass is 9.95. The summed E-state index contributed by atoms with van der Waals surface area (Å²) in [5.41, 5.74) is 2.42. The van der Waals surface area contributed by atoms with Crippen LogP contribution in [0.1, 0.15) is 31.7 Å². The van der Waals surface area contributed by atoms with Gasteiger partial charge in [0.2, 0.25) is 0 Å². The van der Waals surface area contributed by atoms with Crippen LogP contribution >= 0.6 is 23.2 Å². The van der Waals surface area contributed by atoms with Crippen LogP contribution in [0.3, 0.4) is 0 Å². The number of benzene rings is 1. The summed E-state index contributed by atoms with van der Waals surface area (Å²) in [6, 6.07) is 6.02. The van der Waals surface area contributed by atoms with E-state index in [-0.39, 0.29) is 0 Å². The Morgan fingerprint density at radius 2 is 2.24 bits per heavy atom. The van der Waals surface area contributed by atoms with Crippen molar-refractivity contribution in [2.24, 2.45) is 5.92 Å². The smallest absolute Gasteiger partial charge is 0.0494 e. The summed E-state index contributed by atoms with van der Waals surface area (Å²) in [7, 11) is 0. The maximum Gasteiger partial charge on any atom is 0.0494 e. The van der Waals surface area contributed by atoms with Gasteiger partial charge >= 0.3 is 0 Å². The third-order valence-electron chi connectivity index (χ3n) is 3.63. The highest BCUT2D eigenvalue weighted by atomic mass is 35.5. The van der Waals surface area contributed by atoms with E-state index in [1.165, 1.54) is 30.5 Å². The average molecular weight is 272 g/mol. The van der Waals surface area contributed by atoms with Crippen LogP contribution in [0.15, 0.2) is 18.2 Å². The number of nitrogens with zero attached hydrogens (tertiary/aromatic N) is 1. The van der Waals surface area contributed by atoms with Gasteiger partial charge in [-0.25, -0.2) is 0 Å². The maximum absolute atomic E-state index is 6.09. The van der Waals surface area contributed by atoms with E-state index in [2.05, 4.69) is 17.9 Å². The number of rotatable bonds is 3. The van der Waals surface area contributed by atoms with Crippen LogP contribution in [0.5, 0.6) is 0 Å². The molecule has 0 saturated carbocycles. The summed E-state index contributed by atoms with van der Waals surface area (Å²) < 4.78 is 0. The number of halogens is 2. The van der Waals surface area contributed by atoms with E-state index in [0.29, 0.717) is 5.88 Å². The SMILES string of the molecule is CCC1CCCN(c2cc(Cl)ccc2CCl)C1. The van der Waals surface area contributed by atoms with Gasteiger partial charge in [-0.05, 0) is 36.5 Å². The average Bonchev–Trinajstić information content (AvgIpc) is 2.39. The largest absolute Gasteiger partial charge is 0.371 e. The second-order valence-electron chi connectivity index (χ2n) is 4.77. The molecule has 1 saturated heterocycles. The zero-order chi connectivity index (χ0) is 12.3. The van der Waals surface area contributed by atoms with Crippen molar-refractivity contribution in [3.63, 3.8) is 0 Å². The Morgan fingerprint density at radius 1 is 1.41 bits per heavy atom. The first-order chi connectivity index (χ1) is 8.24. The molecule has 0 bridgehead atoms. The molecule has 2 rings (SSSR count). The molecule has 0 aliphatic carbocycles. The summed E-state index contributed by atoms with van der Waals surface area (Å²) >= 11 is 12.1. The molecule has 3 heteroatoms. The zero-order valence-corrected chi connectivity index (χ0v) is 11.8. The van der Waals surface area contributed by atoms with Gasteiger partial charge in [0.1, 0.15) is 0 Å². The summed E-state index contributed by atoms with van der Waals surface area (Å²) in [6.45, 7) is 4.54. The predicted octanol–water partition coefficient (Wildman–Crippen LogP) is 4.71. The fourth-order valence-corrected chi connectivity index (χ4v) is 2.95. The number of hydrogen-bond acceptors (Lipinski definition) is 1. The van der Waals surface area contributed by atoms with Crippen LogP contribution in [0, 0.1) is 5.92 Å². The van der Waals surface area contributed by atoms with E-state index in [9.17, 15) is 0 Å². The van der Waals surface area contributed by atoms with Crippen molar-refractivity contribution >= 4 is 28.9 Å². The second kappa shape index (κ2) is 5.97. The molecule has 0 radical (unpaired) electrons. The molecule has 94 valence electrons. The zero-order valence-electron chi connectivity index (χ0n) is 10.3. The minimum Gasteiger partial charge on any atom is -0.371 e. The fourth-order valence-electron chi connectivity index (χ4n) is 2.56. The summed E-state index contributed by atoms with van der Waals surface area (Å²) in [5.74, 6) is 1.37. The van der Waals surface area contributed by atoms with Crippen LogP contribution in [0.4, 0.5) is 5.69 Å². The molecule has 1 fully saturated rings. The van der Waals surface area contributed by atoms with Gasteiger partial charge < -0.3 is 4.90 Å². The molecule has 1 aliphatic rings. The summed E-state index contributed by atoms with van der Waals surface area (Å²) in [4.78, 5) is 2.45. The normalized spacial score (nSPS) is 20.6. The lowest BCUT2D eigenvalue weighted by molar-refractivity contribution is 0.404. The van der Waals surface area contributed by atoms with Crippen LogP contribution in [0.2, 0.25) is 5.02 Å². The van der Waals surface area contributed by atoms with Gasteiger partial charge in [-0.2, -0.15) is 0 Å². The molecular formula is C14H19Cl2N.